The summed E-state index contributed by atoms with van der Waals surface area (Å²) in [5.74, 6) is 0.839. The van der Waals surface area contributed by atoms with Gasteiger partial charge < -0.3 is 19.9 Å². The zero-order valence-corrected chi connectivity index (χ0v) is 13.1. The molecule has 0 saturated heterocycles. The average molecular weight is 352 g/mol. The summed E-state index contributed by atoms with van der Waals surface area (Å²) >= 11 is 3.34. The SMILES string of the molecule is COc1cc(C(=O)Nc2ccc(O)cc2)cc(Br)c1OC. The number of hydrogen-bond acceptors (Lipinski definition) is 4. The van der Waals surface area contributed by atoms with Crippen LogP contribution in [-0.2, 0) is 0 Å². The second kappa shape index (κ2) is 6.49. The van der Waals surface area contributed by atoms with Gasteiger partial charge in [-0.2, -0.15) is 0 Å². The number of benzene rings is 2. The third-order valence-electron chi connectivity index (χ3n) is 2.82. The minimum atomic E-state index is -0.289. The lowest BCUT2D eigenvalue weighted by molar-refractivity contribution is 0.102. The summed E-state index contributed by atoms with van der Waals surface area (Å²) in [4.78, 5) is 12.2. The Kier molecular flexibility index (Phi) is 4.70. The maximum absolute atomic E-state index is 12.2. The number of carbonyl (C=O) groups is 1. The highest BCUT2D eigenvalue weighted by molar-refractivity contribution is 9.10. The lowest BCUT2D eigenvalue weighted by atomic mass is 10.2. The highest BCUT2D eigenvalue weighted by Crippen LogP contribution is 2.36. The molecule has 0 heterocycles. The topological polar surface area (TPSA) is 67.8 Å². The number of nitrogens with one attached hydrogen (secondary N) is 1. The van der Waals surface area contributed by atoms with Crippen molar-refractivity contribution in [3.63, 3.8) is 0 Å². The van der Waals surface area contributed by atoms with Crippen molar-refractivity contribution in [2.45, 2.75) is 0 Å². The number of methoxy groups -OCH3 is 2. The molecule has 0 spiro atoms. The second-order valence-corrected chi connectivity index (χ2v) is 5.05. The molecule has 0 aliphatic rings. The van der Waals surface area contributed by atoms with E-state index < -0.39 is 0 Å². The quantitative estimate of drug-likeness (QED) is 0.828. The van der Waals surface area contributed by atoms with Gasteiger partial charge in [-0.15, -0.1) is 0 Å². The average Bonchev–Trinajstić information content (AvgIpc) is 2.48. The third-order valence-corrected chi connectivity index (χ3v) is 3.41. The molecule has 5 nitrogen and oxygen atoms in total. The fraction of sp³-hybridized carbons (Fsp3) is 0.133. The Morgan fingerprint density at radius 2 is 1.81 bits per heavy atom. The predicted octanol–water partition coefficient (Wildman–Crippen LogP) is 3.42. The standard InChI is InChI=1S/C15H14BrNO4/c1-20-13-8-9(7-12(16)14(13)21-2)15(19)17-10-3-5-11(18)6-4-10/h3-8,18H,1-2H3,(H,17,19). The number of carbonyl (C=O) groups excluding carboxylic acids is 1. The van der Waals surface area contributed by atoms with Gasteiger partial charge in [-0.25, -0.2) is 0 Å². The van der Waals surface area contributed by atoms with E-state index in [0.29, 0.717) is 27.2 Å². The summed E-state index contributed by atoms with van der Waals surface area (Å²) in [7, 11) is 3.03. The molecule has 0 aliphatic heterocycles. The van der Waals surface area contributed by atoms with E-state index in [1.165, 1.54) is 26.4 Å². The molecule has 2 rings (SSSR count). The molecule has 2 N–H and O–H groups in total. The number of aromatic hydroxyl groups is 1. The first kappa shape index (κ1) is 15.2. The Morgan fingerprint density at radius 1 is 1.14 bits per heavy atom. The lowest BCUT2D eigenvalue weighted by Gasteiger charge is -2.12. The van der Waals surface area contributed by atoms with Crippen LogP contribution in [0.5, 0.6) is 17.2 Å². The molecule has 0 fully saturated rings. The van der Waals surface area contributed by atoms with Crippen molar-refractivity contribution in [2.75, 3.05) is 19.5 Å². The zero-order valence-electron chi connectivity index (χ0n) is 11.5. The largest absolute Gasteiger partial charge is 0.508 e. The summed E-state index contributed by atoms with van der Waals surface area (Å²) in [6.45, 7) is 0. The van der Waals surface area contributed by atoms with E-state index in [4.69, 9.17) is 9.47 Å². The predicted molar refractivity (Wildman–Crippen MR) is 83.3 cm³/mol. The Hall–Kier alpha value is -2.21. The summed E-state index contributed by atoms with van der Waals surface area (Å²) in [5.41, 5.74) is 1.01. The minimum Gasteiger partial charge on any atom is -0.508 e. The van der Waals surface area contributed by atoms with Crippen molar-refractivity contribution in [2.24, 2.45) is 0 Å². The second-order valence-electron chi connectivity index (χ2n) is 4.19. The van der Waals surface area contributed by atoms with Crippen LogP contribution in [0.25, 0.3) is 0 Å². The molecule has 0 aliphatic carbocycles. The molecule has 2 aromatic rings. The Balaban J connectivity index is 2.27. The van der Waals surface area contributed by atoms with Crippen LogP contribution in [0.3, 0.4) is 0 Å². The molecular formula is C15H14BrNO4. The van der Waals surface area contributed by atoms with Gasteiger partial charge in [0.25, 0.3) is 5.91 Å². The van der Waals surface area contributed by atoms with Crippen LogP contribution in [0.15, 0.2) is 40.9 Å². The Morgan fingerprint density at radius 3 is 2.38 bits per heavy atom. The van der Waals surface area contributed by atoms with Crippen LogP contribution in [0, 0.1) is 0 Å². The van der Waals surface area contributed by atoms with Crippen LogP contribution < -0.4 is 14.8 Å². The van der Waals surface area contributed by atoms with Crippen LogP contribution in [-0.4, -0.2) is 25.2 Å². The molecule has 6 heteroatoms. The first-order chi connectivity index (χ1) is 10.0. The van der Waals surface area contributed by atoms with Crippen LogP contribution in [0.1, 0.15) is 10.4 Å². The van der Waals surface area contributed by atoms with Gasteiger partial charge in [0.05, 0.1) is 18.7 Å². The first-order valence-corrected chi connectivity index (χ1v) is 6.86. The van der Waals surface area contributed by atoms with Gasteiger partial charge >= 0.3 is 0 Å². The fourth-order valence-corrected chi connectivity index (χ4v) is 2.40. The van der Waals surface area contributed by atoms with Crippen molar-refractivity contribution >= 4 is 27.5 Å². The van der Waals surface area contributed by atoms with Gasteiger partial charge in [0.15, 0.2) is 11.5 Å². The number of hydrogen-bond donors (Lipinski definition) is 2. The molecule has 110 valence electrons. The van der Waals surface area contributed by atoms with Crippen molar-refractivity contribution < 1.29 is 19.4 Å². The highest BCUT2D eigenvalue weighted by Gasteiger charge is 2.15. The number of amides is 1. The van der Waals surface area contributed by atoms with E-state index in [1.54, 1.807) is 24.3 Å². The molecule has 0 radical (unpaired) electrons. The van der Waals surface area contributed by atoms with Gasteiger partial charge in [-0.05, 0) is 52.3 Å². The van der Waals surface area contributed by atoms with E-state index in [2.05, 4.69) is 21.2 Å². The maximum Gasteiger partial charge on any atom is 0.255 e. The van der Waals surface area contributed by atoms with Crippen molar-refractivity contribution in [3.05, 3.63) is 46.4 Å². The van der Waals surface area contributed by atoms with Crippen molar-refractivity contribution in [1.82, 2.24) is 0 Å². The smallest absolute Gasteiger partial charge is 0.255 e. The van der Waals surface area contributed by atoms with Gasteiger partial charge in [0.1, 0.15) is 5.75 Å². The van der Waals surface area contributed by atoms with Gasteiger partial charge in [-0.3, -0.25) is 4.79 Å². The first-order valence-electron chi connectivity index (χ1n) is 6.07. The third kappa shape index (κ3) is 3.46. The normalized spacial score (nSPS) is 10.0. The molecule has 0 atom stereocenters. The van der Waals surface area contributed by atoms with E-state index in [1.807, 2.05) is 0 Å². The number of anilines is 1. The maximum atomic E-state index is 12.2. The minimum absolute atomic E-state index is 0.141. The molecular weight excluding hydrogens is 338 g/mol. The zero-order chi connectivity index (χ0) is 15.4. The highest BCUT2D eigenvalue weighted by atomic mass is 79.9. The molecule has 2 aromatic carbocycles. The van der Waals surface area contributed by atoms with Crippen molar-refractivity contribution in [3.8, 4) is 17.2 Å². The fourth-order valence-electron chi connectivity index (χ4n) is 1.80. The number of phenols is 1. The van der Waals surface area contributed by atoms with Gasteiger partial charge in [0, 0.05) is 11.3 Å². The van der Waals surface area contributed by atoms with Gasteiger partial charge in [-0.1, -0.05) is 0 Å². The molecule has 0 saturated carbocycles. The summed E-state index contributed by atoms with van der Waals surface area (Å²) in [6, 6.07) is 9.47. The summed E-state index contributed by atoms with van der Waals surface area (Å²) in [6.07, 6.45) is 0. The molecule has 0 aromatic heterocycles. The number of ether oxygens (including phenoxy) is 2. The van der Waals surface area contributed by atoms with Crippen LogP contribution in [0.2, 0.25) is 0 Å². The van der Waals surface area contributed by atoms with E-state index >= 15 is 0 Å². The van der Waals surface area contributed by atoms with Crippen LogP contribution >= 0.6 is 15.9 Å². The molecule has 0 bridgehead atoms. The number of phenolic OH excluding ortho intramolecular Hbond substituents is 1. The number of rotatable bonds is 4. The van der Waals surface area contributed by atoms with E-state index in [-0.39, 0.29) is 11.7 Å². The molecule has 0 unspecified atom stereocenters. The van der Waals surface area contributed by atoms with Crippen LogP contribution in [0.4, 0.5) is 5.69 Å². The van der Waals surface area contributed by atoms with Gasteiger partial charge in [0.2, 0.25) is 0 Å². The Labute approximate surface area is 130 Å². The summed E-state index contributed by atoms with van der Waals surface area (Å²) in [5, 5.41) is 12.0. The molecule has 21 heavy (non-hydrogen) atoms. The van der Waals surface area contributed by atoms with Crippen molar-refractivity contribution in [1.29, 1.82) is 0 Å². The van der Waals surface area contributed by atoms with E-state index in [9.17, 15) is 9.90 Å². The Bertz CT molecular complexity index is 655. The number of halogens is 1. The monoisotopic (exact) mass is 351 g/mol. The van der Waals surface area contributed by atoms with E-state index in [0.717, 1.165) is 0 Å². The molecule has 1 amide bonds. The lowest BCUT2D eigenvalue weighted by Crippen LogP contribution is -2.12. The summed E-state index contributed by atoms with van der Waals surface area (Å²) < 4.78 is 11.0.